The lowest BCUT2D eigenvalue weighted by Gasteiger charge is -2.23. The van der Waals surface area contributed by atoms with Crippen molar-refractivity contribution in [2.45, 2.75) is 52.1 Å². The summed E-state index contributed by atoms with van der Waals surface area (Å²) in [5.74, 6) is 1.70. The third-order valence-corrected chi connectivity index (χ3v) is 5.20. The minimum Gasteiger partial charge on any atom is -0.309 e. The van der Waals surface area contributed by atoms with Crippen LogP contribution in [0.4, 0.5) is 0 Å². The fraction of sp³-hybridized carbons (Fsp3) is 0.684. The van der Waals surface area contributed by atoms with Gasteiger partial charge in [0.25, 0.3) is 0 Å². The zero-order valence-electron chi connectivity index (χ0n) is 13.8. The number of rotatable bonds is 6. The van der Waals surface area contributed by atoms with Crippen LogP contribution in [0.2, 0.25) is 0 Å². The molecule has 0 amide bonds. The SMILES string of the molecule is Cc1ccc(C(NCC2CCN(C(C)C)C2)C2CC2)cc1. The van der Waals surface area contributed by atoms with E-state index >= 15 is 0 Å². The van der Waals surface area contributed by atoms with Crippen LogP contribution in [0.1, 0.15) is 50.3 Å². The van der Waals surface area contributed by atoms with Gasteiger partial charge in [0.1, 0.15) is 0 Å². The molecule has 0 bridgehead atoms. The minimum absolute atomic E-state index is 0.582. The Morgan fingerprint density at radius 1 is 1.14 bits per heavy atom. The minimum atomic E-state index is 0.582. The summed E-state index contributed by atoms with van der Waals surface area (Å²) in [6.07, 6.45) is 4.15. The van der Waals surface area contributed by atoms with Gasteiger partial charge in [-0.1, -0.05) is 29.8 Å². The fourth-order valence-corrected chi connectivity index (χ4v) is 3.55. The first kappa shape index (κ1) is 15.1. The van der Waals surface area contributed by atoms with Crippen LogP contribution in [0, 0.1) is 18.8 Å². The van der Waals surface area contributed by atoms with E-state index < -0.39 is 0 Å². The van der Waals surface area contributed by atoms with Gasteiger partial charge in [-0.15, -0.1) is 0 Å². The van der Waals surface area contributed by atoms with E-state index in [1.165, 1.54) is 50.0 Å². The molecule has 21 heavy (non-hydrogen) atoms. The Balaban J connectivity index is 1.56. The molecular weight excluding hydrogens is 256 g/mol. The molecule has 2 atom stereocenters. The highest BCUT2D eigenvalue weighted by atomic mass is 15.2. The van der Waals surface area contributed by atoms with Gasteiger partial charge in [0.05, 0.1) is 0 Å². The standard InChI is InChI=1S/C19H30N2/c1-14(2)21-11-10-16(13-21)12-20-19(18-8-9-18)17-6-4-15(3)5-7-17/h4-7,14,16,18-20H,8-13H2,1-3H3. The molecule has 3 rings (SSSR count). The van der Waals surface area contributed by atoms with Crippen molar-refractivity contribution < 1.29 is 0 Å². The van der Waals surface area contributed by atoms with Crippen LogP contribution < -0.4 is 5.32 Å². The average molecular weight is 286 g/mol. The quantitative estimate of drug-likeness (QED) is 0.856. The highest BCUT2D eigenvalue weighted by Gasteiger charge is 2.33. The second kappa shape index (κ2) is 6.50. The van der Waals surface area contributed by atoms with Gasteiger partial charge in [-0.05, 0) is 70.5 Å². The number of benzene rings is 1. The van der Waals surface area contributed by atoms with Gasteiger partial charge in [0, 0.05) is 18.6 Å². The van der Waals surface area contributed by atoms with E-state index in [1.54, 1.807) is 0 Å². The van der Waals surface area contributed by atoms with Crippen molar-refractivity contribution in [1.29, 1.82) is 0 Å². The second-order valence-electron chi connectivity index (χ2n) is 7.38. The van der Waals surface area contributed by atoms with Crippen molar-refractivity contribution in [3.8, 4) is 0 Å². The Morgan fingerprint density at radius 2 is 1.86 bits per heavy atom. The molecule has 1 aliphatic carbocycles. The molecule has 1 heterocycles. The molecule has 2 aliphatic rings. The number of aryl methyl sites for hydroxylation is 1. The van der Waals surface area contributed by atoms with Crippen molar-refractivity contribution >= 4 is 0 Å². The Hall–Kier alpha value is -0.860. The summed E-state index contributed by atoms with van der Waals surface area (Å²) in [6.45, 7) is 10.5. The van der Waals surface area contributed by atoms with Crippen molar-refractivity contribution in [1.82, 2.24) is 10.2 Å². The van der Waals surface area contributed by atoms with Crippen LogP contribution >= 0.6 is 0 Å². The van der Waals surface area contributed by atoms with Crippen LogP contribution in [0.25, 0.3) is 0 Å². The summed E-state index contributed by atoms with van der Waals surface area (Å²) in [5.41, 5.74) is 2.85. The monoisotopic (exact) mass is 286 g/mol. The van der Waals surface area contributed by atoms with Crippen LogP contribution in [-0.4, -0.2) is 30.6 Å². The number of hydrogen-bond acceptors (Lipinski definition) is 2. The lowest BCUT2D eigenvalue weighted by Crippen LogP contribution is -2.32. The van der Waals surface area contributed by atoms with Crippen LogP contribution in [-0.2, 0) is 0 Å². The van der Waals surface area contributed by atoms with Gasteiger partial charge in [-0.2, -0.15) is 0 Å². The van der Waals surface area contributed by atoms with Crippen molar-refractivity contribution in [2.24, 2.45) is 11.8 Å². The van der Waals surface area contributed by atoms with Crippen LogP contribution in [0.5, 0.6) is 0 Å². The highest BCUT2D eigenvalue weighted by molar-refractivity contribution is 5.25. The Morgan fingerprint density at radius 3 is 2.43 bits per heavy atom. The van der Waals surface area contributed by atoms with Crippen molar-refractivity contribution in [2.75, 3.05) is 19.6 Å². The first-order chi connectivity index (χ1) is 10.1. The summed E-state index contributed by atoms with van der Waals surface area (Å²) < 4.78 is 0. The third-order valence-electron chi connectivity index (χ3n) is 5.20. The van der Waals surface area contributed by atoms with Crippen LogP contribution in [0.15, 0.2) is 24.3 Å². The molecule has 0 spiro atoms. The Kier molecular flexibility index (Phi) is 4.66. The molecule has 1 N–H and O–H groups in total. The van der Waals surface area contributed by atoms with E-state index in [4.69, 9.17) is 0 Å². The predicted octanol–water partition coefficient (Wildman–Crippen LogP) is 3.77. The van der Waals surface area contributed by atoms with Crippen molar-refractivity contribution in [3.05, 3.63) is 35.4 Å². The molecular formula is C19H30N2. The van der Waals surface area contributed by atoms with Gasteiger partial charge in [0.2, 0.25) is 0 Å². The van der Waals surface area contributed by atoms with Gasteiger partial charge in [-0.25, -0.2) is 0 Å². The molecule has 0 radical (unpaired) electrons. The number of nitrogens with zero attached hydrogens (tertiary/aromatic N) is 1. The van der Waals surface area contributed by atoms with E-state index in [0.29, 0.717) is 12.1 Å². The predicted molar refractivity (Wildman–Crippen MR) is 89.5 cm³/mol. The molecule has 1 saturated carbocycles. The van der Waals surface area contributed by atoms with E-state index in [9.17, 15) is 0 Å². The molecule has 1 aromatic rings. The third kappa shape index (κ3) is 3.87. The summed E-state index contributed by atoms with van der Waals surface area (Å²) in [4.78, 5) is 2.62. The first-order valence-electron chi connectivity index (χ1n) is 8.67. The number of likely N-dealkylation sites (tertiary alicyclic amines) is 1. The van der Waals surface area contributed by atoms with Gasteiger partial charge < -0.3 is 10.2 Å². The lowest BCUT2D eigenvalue weighted by atomic mass is 10.00. The molecule has 1 aliphatic heterocycles. The Labute approximate surface area is 129 Å². The van der Waals surface area contributed by atoms with E-state index in [-0.39, 0.29) is 0 Å². The molecule has 2 fully saturated rings. The number of nitrogens with one attached hydrogen (secondary N) is 1. The average Bonchev–Trinajstić information content (AvgIpc) is 3.18. The lowest BCUT2D eigenvalue weighted by molar-refractivity contribution is 0.262. The molecule has 1 aromatic carbocycles. The maximum absolute atomic E-state index is 3.89. The second-order valence-corrected chi connectivity index (χ2v) is 7.38. The van der Waals surface area contributed by atoms with E-state index in [2.05, 4.69) is 55.3 Å². The van der Waals surface area contributed by atoms with Gasteiger partial charge >= 0.3 is 0 Å². The maximum Gasteiger partial charge on any atom is 0.0348 e. The number of hydrogen-bond donors (Lipinski definition) is 1. The molecule has 2 nitrogen and oxygen atoms in total. The molecule has 0 aromatic heterocycles. The molecule has 2 heteroatoms. The van der Waals surface area contributed by atoms with E-state index in [1.807, 2.05) is 0 Å². The zero-order chi connectivity index (χ0) is 14.8. The van der Waals surface area contributed by atoms with Crippen molar-refractivity contribution in [3.63, 3.8) is 0 Å². The summed E-state index contributed by atoms with van der Waals surface area (Å²) >= 11 is 0. The summed E-state index contributed by atoms with van der Waals surface area (Å²) in [6, 6.07) is 10.4. The molecule has 2 unspecified atom stereocenters. The fourth-order valence-electron chi connectivity index (χ4n) is 3.55. The largest absolute Gasteiger partial charge is 0.309 e. The topological polar surface area (TPSA) is 15.3 Å². The van der Waals surface area contributed by atoms with E-state index in [0.717, 1.165) is 11.8 Å². The zero-order valence-corrected chi connectivity index (χ0v) is 13.8. The van der Waals surface area contributed by atoms with Crippen LogP contribution in [0.3, 0.4) is 0 Å². The summed E-state index contributed by atoms with van der Waals surface area (Å²) in [5, 5.41) is 3.89. The highest BCUT2D eigenvalue weighted by Crippen LogP contribution is 2.41. The normalized spacial score (nSPS) is 24.7. The summed E-state index contributed by atoms with van der Waals surface area (Å²) in [7, 11) is 0. The molecule has 116 valence electrons. The molecule has 1 saturated heterocycles. The first-order valence-corrected chi connectivity index (χ1v) is 8.67. The Bertz CT molecular complexity index is 447. The maximum atomic E-state index is 3.89. The van der Waals surface area contributed by atoms with Gasteiger partial charge in [-0.3, -0.25) is 0 Å². The van der Waals surface area contributed by atoms with Gasteiger partial charge in [0.15, 0.2) is 0 Å². The smallest absolute Gasteiger partial charge is 0.0348 e.